The number of pyridine rings is 1. The van der Waals surface area contributed by atoms with Crippen molar-refractivity contribution < 1.29 is 0 Å². The normalized spacial score (nSPS) is 14.8. The zero-order valence-electron chi connectivity index (χ0n) is 24.2. The third kappa shape index (κ3) is 4.54. The molecule has 7 aromatic rings. The minimum atomic E-state index is 0.543. The molecule has 1 unspecified atom stereocenters. The summed E-state index contributed by atoms with van der Waals surface area (Å²) in [5, 5.41) is 7.77. The summed E-state index contributed by atoms with van der Waals surface area (Å²) in [5.74, 6) is 0.543. The van der Waals surface area contributed by atoms with E-state index in [1.54, 1.807) is 0 Å². The van der Waals surface area contributed by atoms with Gasteiger partial charge in [0.2, 0.25) is 0 Å². The fourth-order valence-corrected chi connectivity index (χ4v) is 6.78. The van der Waals surface area contributed by atoms with Gasteiger partial charge in [0.25, 0.3) is 0 Å². The second-order valence-electron chi connectivity index (χ2n) is 11.7. The molecule has 0 aliphatic heterocycles. The minimum Gasteiger partial charge on any atom is -0.264 e. The van der Waals surface area contributed by atoms with Gasteiger partial charge < -0.3 is 0 Å². The molecule has 1 aliphatic rings. The Morgan fingerprint density at radius 3 is 1.70 bits per heavy atom. The van der Waals surface area contributed by atoms with Gasteiger partial charge in [-0.3, -0.25) is 4.98 Å². The van der Waals surface area contributed by atoms with Crippen LogP contribution >= 0.6 is 0 Å². The third-order valence-corrected chi connectivity index (χ3v) is 8.87. The van der Waals surface area contributed by atoms with E-state index in [0.29, 0.717) is 5.92 Å². The Bertz CT molecular complexity index is 2140. The molecule has 0 fully saturated rings. The van der Waals surface area contributed by atoms with Crippen LogP contribution in [-0.4, -0.2) is 4.98 Å². The molecule has 0 amide bonds. The third-order valence-electron chi connectivity index (χ3n) is 8.87. The lowest BCUT2D eigenvalue weighted by molar-refractivity contribution is 0.750. The molecule has 0 radical (unpaired) electrons. The smallest absolute Gasteiger partial charge is 0.0346 e. The highest BCUT2D eigenvalue weighted by Gasteiger charge is 2.19. The van der Waals surface area contributed by atoms with Gasteiger partial charge in [0.15, 0.2) is 0 Å². The molecule has 43 heavy (non-hydrogen) atoms. The first kappa shape index (κ1) is 25.4. The van der Waals surface area contributed by atoms with Crippen LogP contribution in [-0.2, 0) is 0 Å². The zero-order valence-corrected chi connectivity index (χ0v) is 24.2. The standard InChI is InChI=1S/C42H31N/c1-28-8-6-9-34(24-28)41-37-11-2-4-13-39(37)42(40-14-5-3-12-38(40)41)35-22-21-32-25-31(19-20-33(32)26-35)29-15-17-30(18-16-29)36-10-7-23-43-27-36/h2-23,25-28H,24H2,1H3. The van der Waals surface area contributed by atoms with Gasteiger partial charge in [0, 0.05) is 12.4 Å². The molecule has 1 heteroatoms. The lowest BCUT2D eigenvalue weighted by atomic mass is 9.82. The van der Waals surface area contributed by atoms with Crippen LogP contribution in [0.25, 0.3) is 71.3 Å². The SMILES string of the molecule is CC1C=CC=C(c2c3ccccc3c(-c3ccc4cc(-c5ccc(-c6cccnc6)cc5)ccc4c3)c3ccccc23)C1. The molecule has 0 bridgehead atoms. The molecule has 0 saturated heterocycles. The molecule has 0 saturated carbocycles. The molecule has 204 valence electrons. The highest BCUT2D eigenvalue weighted by atomic mass is 14.6. The molecule has 1 aromatic heterocycles. The first-order chi connectivity index (χ1) is 21.2. The van der Waals surface area contributed by atoms with Gasteiger partial charge in [-0.15, -0.1) is 0 Å². The maximum atomic E-state index is 4.26. The fourth-order valence-electron chi connectivity index (χ4n) is 6.78. The van der Waals surface area contributed by atoms with Crippen LogP contribution < -0.4 is 0 Å². The first-order valence-electron chi connectivity index (χ1n) is 15.1. The Morgan fingerprint density at radius 1 is 0.535 bits per heavy atom. The van der Waals surface area contributed by atoms with Gasteiger partial charge in [-0.05, 0) is 107 Å². The van der Waals surface area contributed by atoms with Crippen molar-refractivity contribution in [1.29, 1.82) is 0 Å². The van der Waals surface area contributed by atoms with Crippen LogP contribution in [0.15, 0.2) is 152 Å². The molecular formula is C42H31N. The zero-order chi connectivity index (χ0) is 28.8. The van der Waals surface area contributed by atoms with Crippen LogP contribution in [0, 0.1) is 5.92 Å². The van der Waals surface area contributed by atoms with Crippen LogP contribution in [0.2, 0.25) is 0 Å². The van der Waals surface area contributed by atoms with Gasteiger partial charge >= 0.3 is 0 Å². The van der Waals surface area contributed by atoms with Crippen molar-refractivity contribution in [2.24, 2.45) is 5.92 Å². The summed E-state index contributed by atoms with van der Waals surface area (Å²) < 4.78 is 0. The monoisotopic (exact) mass is 549 g/mol. The maximum Gasteiger partial charge on any atom is 0.0346 e. The number of hydrogen-bond donors (Lipinski definition) is 0. The summed E-state index contributed by atoms with van der Waals surface area (Å²) >= 11 is 0. The Labute approximate surface area is 252 Å². The van der Waals surface area contributed by atoms with Gasteiger partial charge in [-0.25, -0.2) is 0 Å². The second-order valence-corrected chi connectivity index (χ2v) is 11.7. The van der Waals surface area contributed by atoms with E-state index in [1.807, 2.05) is 18.5 Å². The van der Waals surface area contributed by atoms with Gasteiger partial charge in [0.05, 0.1) is 0 Å². The number of nitrogens with zero attached hydrogens (tertiary/aromatic N) is 1. The van der Waals surface area contributed by atoms with Gasteiger partial charge in [0.1, 0.15) is 0 Å². The average Bonchev–Trinajstić information content (AvgIpc) is 3.07. The Kier molecular flexibility index (Phi) is 6.23. The fraction of sp³-hybridized carbons (Fsp3) is 0.0714. The van der Waals surface area contributed by atoms with E-state index < -0.39 is 0 Å². The van der Waals surface area contributed by atoms with Gasteiger partial charge in [-0.1, -0.05) is 128 Å². The van der Waals surface area contributed by atoms with E-state index in [4.69, 9.17) is 0 Å². The van der Waals surface area contributed by atoms with E-state index in [1.165, 1.54) is 71.3 Å². The van der Waals surface area contributed by atoms with Crippen LogP contribution in [0.3, 0.4) is 0 Å². The summed E-state index contributed by atoms with van der Waals surface area (Å²) in [6.07, 6.45) is 11.6. The number of rotatable bonds is 4. The molecule has 1 atom stereocenters. The van der Waals surface area contributed by atoms with Crippen molar-refractivity contribution >= 4 is 37.9 Å². The maximum absolute atomic E-state index is 4.26. The van der Waals surface area contributed by atoms with Crippen LogP contribution in [0.1, 0.15) is 18.9 Å². The molecule has 1 nitrogen and oxygen atoms in total. The number of aromatic nitrogens is 1. The highest BCUT2D eigenvalue weighted by Crippen LogP contribution is 2.44. The largest absolute Gasteiger partial charge is 0.264 e. The highest BCUT2D eigenvalue weighted by molar-refractivity contribution is 6.19. The quantitative estimate of drug-likeness (QED) is 0.199. The number of fused-ring (bicyclic) bond motifs is 3. The molecule has 0 N–H and O–H groups in total. The van der Waals surface area contributed by atoms with E-state index in [2.05, 4.69) is 145 Å². The van der Waals surface area contributed by atoms with Crippen molar-refractivity contribution in [3.05, 3.63) is 158 Å². The molecule has 1 aliphatic carbocycles. The predicted molar refractivity (Wildman–Crippen MR) is 184 cm³/mol. The molecular weight excluding hydrogens is 518 g/mol. The van der Waals surface area contributed by atoms with Crippen LogP contribution in [0.4, 0.5) is 0 Å². The lowest BCUT2D eigenvalue weighted by Crippen LogP contribution is -2.00. The van der Waals surface area contributed by atoms with Crippen molar-refractivity contribution in [3.63, 3.8) is 0 Å². The molecule has 8 rings (SSSR count). The lowest BCUT2D eigenvalue weighted by Gasteiger charge is -2.22. The van der Waals surface area contributed by atoms with Crippen LogP contribution in [0.5, 0.6) is 0 Å². The second kappa shape index (κ2) is 10.5. The summed E-state index contributed by atoms with van der Waals surface area (Å²) in [5.41, 5.74) is 10.1. The molecule has 0 spiro atoms. The number of benzene rings is 6. The van der Waals surface area contributed by atoms with E-state index in [9.17, 15) is 0 Å². The molecule has 6 aromatic carbocycles. The minimum absolute atomic E-state index is 0.543. The van der Waals surface area contributed by atoms with Crippen molar-refractivity contribution in [2.45, 2.75) is 13.3 Å². The Morgan fingerprint density at radius 2 is 1.09 bits per heavy atom. The summed E-state index contributed by atoms with van der Waals surface area (Å²) in [7, 11) is 0. The number of allylic oxidation sites excluding steroid dienone is 4. The Hall–Kier alpha value is -5.27. The van der Waals surface area contributed by atoms with Crippen molar-refractivity contribution in [2.75, 3.05) is 0 Å². The van der Waals surface area contributed by atoms with Gasteiger partial charge in [-0.2, -0.15) is 0 Å². The first-order valence-corrected chi connectivity index (χ1v) is 15.1. The van der Waals surface area contributed by atoms with E-state index >= 15 is 0 Å². The summed E-state index contributed by atoms with van der Waals surface area (Å²) in [6, 6.07) is 44.5. The molecule has 1 heterocycles. The van der Waals surface area contributed by atoms with E-state index in [0.717, 1.165) is 12.0 Å². The van der Waals surface area contributed by atoms with E-state index in [-0.39, 0.29) is 0 Å². The topological polar surface area (TPSA) is 12.9 Å². The van der Waals surface area contributed by atoms with Crippen molar-refractivity contribution in [3.8, 4) is 33.4 Å². The Balaban J connectivity index is 1.24. The summed E-state index contributed by atoms with van der Waals surface area (Å²) in [6.45, 7) is 2.31. The predicted octanol–water partition coefficient (Wildman–Crippen LogP) is 11.5. The average molecular weight is 550 g/mol. The number of hydrogen-bond acceptors (Lipinski definition) is 1. The van der Waals surface area contributed by atoms with Crippen molar-refractivity contribution in [1.82, 2.24) is 4.98 Å². The summed E-state index contributed by atoms with van der Waals surface area (Å²) in [4.78, 5) is 4.26.